The van der Waals surface area contributed by atoms with Gasteiger partial charge in [0.15, 0.2) is 5.82 Å². The first-order valence-electron chi connectivity index (χ1n) is 7.75. The van der Waals surface area contributed by atoms with Crippen LogP contribution >= 0.6 is 0 Å². The number of aromatic nitrogens is 3. The van der Waals surface area contributed by atoms with E-state index in [4.69, 9.17) is 0 Å². The normalized spacial score (nSPS) is 18.1. The molecular formula is C16H21N5O. The highest BCUT2D eigenvalue weighted by Crippen LogP contribution is 2.13. The van der Waals surface area contributed by atoms with Crippen LogP contribution in [0.15, 0.2) is 36.8 Å². The molecule has 0 saturated carbocycles. The highest BCUT2D eigenvalue weighted by Gasteiger charge is 2.21. The fourth-order valence-corrected chi connectivity index (χ4v) is 2.65. The zero-order valence-electron chi connectivity index (χ0n) is 12.5. The van der Waals surface area contributed by atoms with Gasteiger partial charge in [0.25, 0.3) is 0 Å². The number of carbonyl (C=O) groups excluding carboxylic acids is 1. The number of hydrogen-bond donors (Lipinski definition) is 2. The summed E-state index contributed by atoms with van der Waals surface area (Å²) >= 11 is 0. The number of hydrogen-bond acceptors (Lipinski definition) is 4. The number of nitrogens with zero attached hydrogens (tertiary/aromatic N) is 3. The minimum atomic E-state index is 0.0516. The van der Waals surface area contributed by atoms with Crippen LogP contribution in [0, 0.1) is 5.92 Å². The van der Waals surface area contributed by atoms with Gasteiger partial charge in [-0.05, 0) is 43.5 Å². The van der Waals surface area contributed by atoms with Crippen molar-refractivity contribution in [2.24, 2.45) is 5.92 Å². The number of nitrogens with one attached hydrogen (secondary N) is 2. The van der Waals surface area contributed by atoms with Crippen LogP contribution in [0.5, 0.6) is 0 Å². The summed E-state index contributed by atoms with van der Waals surface area (Å²) in [7, 11) is 0. The van der Waals surface area contributed by atoms with E-state index in [2.05, 4.69) is 20.7 Å². The largest absolute Gasteiger partial charge is 0.316 e. The van der Waals surface area contributed by atoms with Gasteiger partial charge in [-0.15, -0.1) is 0 Å². The standard InChI is InChI=1S/C16H21N5O/c22-16(14-2-1-7-18-12-14)19-15-6-11-21(20-15)10-5-13-3-8-17-9-4-13/h3-4,6,8-9,11,14,18H,1-2,5,7,10,12H2,(H,19,20,22). The van der Waals surface area contributed by atoms with Crippen molar-refractivity contribution in [3.63, 3.8) is 0 Å². The Kier molecular flexibility index (Phi) is 4.80. The van der Waals surface area contributed by atoms with E-state index in [-0.39, 0.29) is 11.8 Å². The van der Waals surface area contributed by atoms with Crippen LogP contribution in [0.1, 0.15) is 18.4 Å². The maximum atomic E-state index is 12.1. The van der Waals surface area contributed by atoms with E-state index in [1.807, 2.05) is 29.1 Å². The molecule has 2 N–H and O–H groups in total. The molecule has 0 spiro atoms. The van der Waals surface area contributed by atoms with Gasteiger partial charge in [0.05, 0.1) is 5.92 Å². The van der Waals surface area contributed by atoms with Gasteiger partial charge in [-0.25, -0.2) is 0 Å². The minimum Gasteiger partial charge on any atom is -0.316 e. The van der Waals surface area contributed by atoms with Crippen molar-refractivity contribution >= 4 is 11.7 Å². The Balaban J connectivity index is 1.51. The van der Waals surface area contributed by atoms with Crippen molar-refractivity contribution in [3.8, 4) is 0 Å². The first-order chi connectivity index (χ1) is 10.8. The molecule has 3 heterocycles. The molecule has 0 aliphatic carbocycles. The molecule has 2 aromatic rings. The lowest BCUT2D eigenvalue weighted by molar-refractivity contribution is -0.120. The molecule has 0 bridgehead atoms. The number of carbonyl (C=O) groups is 1. The maximum Gasteiger partial charge on any atom is 0.229 e. The van der Waals surface area contributed by atoms with Gasteiger partial charge in [0, 0.05) is 37.7 Å². The van der Waals surface area contributed by atoms with E-state index in [9.17, 15) is 4.79 Å². The lowest BCUT2D eigenvalue weighted by atomic mass is 9.99. The summed E-state index contributed by atoms with van der Waals surface area (Å²) < 4.78 is 1.86. The van der Waals surface area contributed by atoms with Gasteiger partial charge in [-0.2, -0.15) is 5.10 Å². The van der Waals surface area contributed by atoms with Gasteiger partial charge < -0.3 is 10.6 Å². The van der Waals surface area contributed by atoms with Crippen molar-refractivity contribution in [1.29, 1.82) is 0 Å². The molecule has 1 unspecified atom stereocenters. The molecule has 1 aliphatic rings. The second-order valence-electron chi connectivity index (χ2n) is 5.60. The summed E-state index contributed by atoms with van der Waals surface area (Å²) in [6.07, 6.45) is 8.38. The number of amides is 1. The Morgan fingerprint density at radius 1 is 1.36 bits per heavy atom. The summed E-state index contributed by atoms with van der Waals surface area (Å²) in [4.78, 5) is 16.2. The zero-order valence-corrected chi connectivity index (χ0v) is 12.5. The predicted octanol–water partition coefficient (Wildman–Crippen LogP) is 1.46. The van der Waals surface area contributed by atoms with Crippen molar-refractivity contribution < 1.29 is 4.79 Å². The molecule has 6 nitrogen and oxygen atoms in total. The van der Waals surface area contributed by atoms with E-state index in [0.717, 1.165) is 38.9 Å². The number of anilines is 1. The van der Waals surface area contributed by atoms with Crippen LogP contribution in [-0.4, -0.2) is 33.8 Å². The van der Waals surface area contributed by atoms with Crippen LogP contribution in [-0.2, 0) is 17.8 Å². The lowest BCUT2D eigenvalue weighted by Crippen LogP contribution is -2.37. The van der Waals surface area contributed by atoms with Crippen molar-refractivity contribution in [1.82, 2.24) is 20.1 Å². The molecule has 116 valence electrons. The van der Waals surface area contributed by atoms with Crippen molar-refractivity contribution in [2.75, 3.05) is 18.4 Å². The van der Waals surface area contributed by atoms with Gasteiger partial charge >= 0.3 is 0 Å². The Hall–Kier alpha value is -2.21. The molecule has 1 aliphatic heterocycles. The van der Waals surface area contributed by atoms with E-state index in [1.165, 1.54) is 5.56 Å². The summed E-state index contributed by atoms with van der Waals surface area (Å²) in [5, 5.41) is 10.6. The van der Waals surface area contributed by atoms with Gasteiger partial charge in [0.2, 0.25) is 5.91 Å². The number of piperidine rings is 1. The van der Waals surface area contributed by atoms with E-state index >= 15 is 0 Å². The molecule has 2 aromatic heterocycles. The topological polar surface area (TPSA) is 71.8 Å². The predicted molar refractivity (Wildman–Crippen MR) is 84.4 cm³/mol. The van der Waals surface area contributed by atoms with Gasteiger partial charge in [0.1, 0.15) is 0 Å². The smallest absolute Gasteiger partial charge is 0.229 e. The molecule has 1 fully saturated rings. The minimum absolute atomic E-state index is 0.0516. The Morgan fingerprint density at radius 3 is 3.00 bits per heavy atom. The molecule has 22 heavy (non-hydrogen) atoms. The summed E-state index contributed by atoms with van der Waals surface area (Å²) in [6.45, 7) is 2.55. The average Bonchev–Trinajstić information content (AvgIpc) is 3.02. The molecule has 1 atom stereocenters. The maximum absolute atomic E-state index is 12.1. The van der Waals surface area contributed by atoms with Gasteiger partial charge in [-0.1, -0.05) is 0 Å². The van der Waals surface area contributed by atoms with E-state index in [0.29, 0.717) is 5.82 Å². The van der Waals surface area contributed by atoms with Crippen LogP contribution < -0.4 is 10.6 Å². The van der Waals surface area contributed by atoms with Crippen LogP contribution in [0.4, 0.5) is 5.82 Å². The summed E-state index contributed by atoms with van der Waals surface area (Å²) in [5.41, 5.74) is 1.23. The fraction of sp³-hybridized carbons (Fsp3) is 0.438. The molecular weight excluding hydrogens is 278 g/mol. The molecule has 0 aromatic carbocycles. The first-order valence-corrected chi connectivity index (χ1v) is 7.75. The van der Waals surface area contributed by atoms with Gasteiger partial charge in [-0.3, -0.25) is 14.5 Å². The monoisotopic (exact) mass is 299 g/mol. The third-order valence-corrected chi connectivity index (χ3v) is 3.94. The quantitative estimate of drug-likeness (QED) is 0.877. The van der Waals surface area contributed by atoms with E-state index < -0.39 is 0 Å². The second kappa shape index (κ2) is 7.17. The second-order valence-corrected chi connectivity index (χ2v) is 5.60. The fourth-order valence-electron chi connectivity index (χ4n) is 2.65. The third-order valence-electron chi connectivity index (χ3n) is 3.94. The number of aryl methyl sites for hydroxylation is 2. The number of pyridine rings is 1. The van der Waals surface area contributed by atoms with Crippen LogP contribution in [0.3, 0.4) is 0 Å². The van der Waals surface area contributed by atoms with Crippen LogP contribution in [0.25, 0.3) is 0 Å². The Bertz CT molecular complexity index is 604. The highest BCUT2D eigenvalue weighted by atomic mass is 16.2. The molecule has 3 rings (SSSR count). The summed E-state index contributed by atoms with van der Waals surface area (Å²) in [5.74, 6) is 0.743. The average molecular weight is 299 g/mol. The SMILES string of the molecule is O=C(Nc1ccn(CCc2ccncc2)n1)C1CCCNC1. The molecule has 6 heteroatoms. The molecule has 0 radical (unpaired) electrons. The van der Waals surface area contributed by atoms with Crippen molar-refractivity contribution in [2.45, 2.75) is 25.8 Å². The Morgan fingerprint density at radius 2 is 2.23 bits per heavy atom. The zero-order chi connectivity index (χ0) is 15.2. The molecule has 1 saturated heterocycles. The number of rotatable bonds is 5. The lowest BCUT2D eigenvalue weighted by Gasteiger charge is -2.21. The van der Waals surface area contributed by atoms with Crippen molar-refractivity contribution in [3.05, 3.63) is 42.4 Å². The highest BCUT2D eigenvalue weighted by molar-refractivity contribution is 5.91. The third kappa shape index (κ3) is 3.92. The van der Waals surface area contributed by atoms with Crippen LogP contribution in [0.2, 0.25) is 0 Å². The summed E-state index contributed by atoms with van der Waals surface area (Å²) in [6, 6.07) is 5.85. The molecule has 1 amide bonds. The van der Waals surface area contributed by atoms with E-state index in [1.54, 1.807) is 12.4 Å². The first kappa shape index (κ1) is 14.7. The Labute approximate surface area is 129 Å².